The molecule has 1 saturated heterocycles. The van der Waals surface area contributed by atoms with E-state index >= 15 is 0 Å². The molecule has 3 atom stereocenters. The highest BCUT2D eigenvalue weighted by Crippen LogP contribution is 2.26. The number of hydrogen-bond acceptors (Lipinski definition) is 3. The smallest absolute Gasteiger partial charge is 0.317 e. The van der Waals surface area contributed by atoms with E-state index in [9.17, 15) is 4.79 Å². The summed E-state index contributed by atoms with van der Waals surface area (Å²) in [5.74, 6) is 0.313. The average Bonchev–Trinajstić information content (AvgIpc) is 2.09. The fraction of sp³-hybridized carbons (Fsp3) is 0.900. The summed E-state index contributed by atoms with van der Waals surface area (Å²) >= 11 is 0. The normalized spacial score (nSPS) is 34.4. The van der Waals surface area contributed by atoms with Crippen LogP contribution in [0, 0.1) is 11.8 Å². The van der Waals surface area contributed by atoms with Crippen LogP contribution in [0.15, 0.2) is 0 Å². The molecule has 82 valence electrons. The molecule has 0 aliphatic carbocycles. The molecule has 0 aromatic rings. The van der Waals surface area contributed by atoms with Crippen molar-refractivity contribution in [1.29, 1.82) is 0 Å². The number of carboxylic acids is 1. The third kappa shape index (κ3) is 2.69. The Balaban J connectivity index is 2.55. The largest absolute Gasteiger partial charge is 0.480 e. The minimum absolute atomic E-state index is 0.143. The van der Waals surface area contributed by atoms with Gasteiger partial charge in [-0.3, -0.25) is 9.69 Å². The number of likely N-dealkylation sites (tertiary alicyclic amines) is 1. The van der Waals surface area contributed by atoms with Gasteiger partial charge in [-0.25, -0.2) is 0 Å². The Bertz CT molecular complexity index is 208. The van der Waals surface area contributed by atoms with E-state index in [2.05, 4.69) is 13.8 Å². The van der Waals surface area contributed by atoms with Gasteiger partial charge in [0.2, 0.25) is 0 Å². The van der Waals surface area contributed by atoms with Crippen LogP contribution in [0.25, 0.3) is 0 Å². The van der Waals surface area contributed by atoms with Crippen LogP contribution in [0.2, 0.25) is 0 Å². The van der Waals surface area contributed by atoms with Crippen LogP contribution in [0.4, 0.5) is 0 Å². The zero-order valence-electron chi connectivity index (χ0n) is 8.94. The van der Waals surface area contributed by atoms with Gasteiger partial charge in [0, 0.05) is 12.6 Å². The monoisotopic (exact) mass is 200 g/mol. The van der Waals surface area contributed by atoms with Crippen molar-refractivity contribution in [2.45, 2.75) is 26.3 Å². The first kappa shape index (κ1) is 11.5. The molecule has 0 aromatic heterocycles. The standard InChI is InChI=1S/C10H20N2O2/c1-7-3-8(2)12(6-10(13)14)5-9(7)4-11/h7-9H,3-6,11H2,1-2H3,(H,13,14). The van der Waals surface area contributed by atoms with Crippen LogP contribution in [-0.2, 0) is 4.79 Å². The second-order valence-corrected chi connectivity index (χ2v) is 4.38. The Kier molecular flexibility index (Phi) is 3.89. The Morgan fingerprint density at radius 1 is 1.57 bits per heavy atom. The highest BCUT2D eigenvalue weighted by Gasteiger charge is 2.30. The van der Waals surface area contributed by atoms with E-state index in [0.717, 1.165) is 13.0 Å². The number of nitrogens with zero attached hydrogens (tertiary/aromatic N) is 1. The van der Waals surface area contributed by atoms with Crippen LogP contribution in [-0.4, -0.2) is 41.7 Å². The molecule has 0 aromatic carbocycles. The molecule has 4 nitrogen and oxygen atoms in total. The van der Waals surface area contributed by atoms with Crippen LogP contribution in [0.3, 0.4) is 0 Å². The lowest BCUT2D eigenvalue weighted by atomic mass is 9.83. The Labute approximate surface area is 85.1 Å². The van der Waals surface area contributed by atoms with Crippen molar-refractivity contribution in [2.24, 2.45) is 17.6 Å². The molecule has 4 heteroatoms. The average molecular weight is 200 g/mol. The Morgan fingerprint density at radius 3 is 2.71 bits per heavy atom. The maximum absolute atomic E-state index is 10.6. The summed E-state index contributed by atoms with van der Waals surface area (Å²) in [5.41, 5.74) is 5.66. The molecular formula is C10H20N2O2. The van der Waals surface area contributed by atoms with Gasteiger partial charge in [-0.15, -0.1) is 0 Å². The van der Waals surface area contributed by atoms with E-state index in [1.165, 1.54) is 0 Å². The second kappa shape index (κ2) is 4.75. The maximum atomic E-state index is 10.6. The van der Waals surface area contributed by atoms with Crippen LogP contribution >= 0.6 is 0 Å². The molecule has 0 bridgehead atoms. The minimum atomic E-state index is -0.748. The second-order valence-electron chi connectivity index (χ2n) is 4.38. The number of nitrogens with two attached hydrogens (primary N) is 1. The van der Waals surface area contributed by atoms with E-state index in [-0.39, 0.29) is 6.54 Å². The first-order valence-electron chi connectivity index (χ1n) is 5.20. The number of piperidine rings is 1. The highest BCUT2D eigenvalue weighted by atomic mass is 16.4. The van der Waals surface area contributed by atoms with Gasteiger partial charge >= 0.3 is 5.97 Å². The molecule has 14 heavy (non-hydrogen) atoms. The summed E-state index contributed by atoms with van der Waals surface area (Å²) in [7, 11) is 0. The van der Waals surface area contributed by atoms with E-state index < -0.39 is 5.97 Å². The van der Waals surface area contributed by atoms with Gasteiger partial charge in [0.25, 0.3) is 0 Å². The number of carboxylic acid groups (broad SMARTS) is 1. The Morgan fingerprint density at radius 2 is 2.21 bits per heavy atom. The van der Waals surface area contributed by atoms with Gasteiger partial charge in [0.05, 0.1) is 6.54 Å². The number of carbonyl (C=O) groups is 1. The van der Waals surface area contributed by atoms with Gasteiger partial charge in [-0.1, -0.05) is 6.92 Å². The van der Waals surface area contributed by atoms with Crippen LogP contribution in [0.5, 0.6) is 0 Å². The summed E-state index contributed by atoms with van der Waals surface area (Å²) < 4.78 is 0. The first-order chi connectivity index (χ1) is 6.54. The molecule has 0 saturated carbocycles. The lowest BCUT2D eigenvalue weighted by Crippen LogP contribution is -2.49. The number of rotatable bonds is 3. The van der Waals surface area contributed by atoms with Crippen molar-refractivity contribution < 1.29 is 9.90 Å². The van der Waals surface area contributed by atoms with Crippen molar-refractivity contribution >= 4 is 5.97 Å². The lowest BCUT2D eigenvalue weighted by molar-refractivity contribution is -0.139. The number of hydrogen-bond donors (Lipinski definition) is 2. The predicted molar refractivity (Wildman–Crippen MR) is 55.0 cm³/mol. The molecule has 3 N–H and O–H groups in total. The molecule has 0 amide bonds. The van der Waals surface area contributed by atoms with Crippen molar-refractivity contribution in [3.63, 3.8) is 0 Å². The topological polar surface area (TPSA) is 66.6 Å². The molecule has 0 radical (unpaired) electrons. The summed E-state index contributed by atoms with van der Waals surface area (Å²) in [6, 6.07) is 0.365. The van der Waals surface area contributed by atoms with Gasteiger partial charge < -0.3 is 10.8 Å². The molecular weight excluding hydrogens is 180 g/mol. The van der Waals surface area contributed by atoms with Gasteiger partial charge in [-0.2, -0.15) is 0 Å². The molecule has 1 fully saturated rings. The molecule has 0 spiro atoms. The quantitative estimate of drug-likeness (QED) is 0.691. The summed E-state index contributed by atoms with van der Waals surface area (Å²) in [4.78, 5) is 12.6. The summed E-state index contributed by atoms with van der Waals surface area (Å²) in [5, 5.41) is 8.74. The SMILES string of the molecule is CC1CC(C)N(CC(=O)O)CC1CN. The van der Waals surface area contributed by atoms with Gasteiger partial charge in [-0.05, 0) is 31.7 Å². The molecule has 1 rings (SSSR count). The molecule has 1 aliphatic rings. The van der Waals surface area contributed by atoms with Crippen LogP contribution < -0.4 is 5.73 Å². The van der Waals surface area contributed by atoms with Crippen molar-refractivity contribution in [2.75, 3.05) is 19.6 Å². The zero-order valence-corrected chi connectivity index (χ0v) is 8.94. The third-order valence-electron chi connectivity index (χ3n) is 3.25. The van der Waals surface area contributed by atoms with Crippen LogP contribution in [0.1, 0.15) is 20.3 Å². The van der Waals surface area contributed by atoms with Gasteiger partial charge in [0.15, 0.2) is 0 Å². The molecule has 3 unspecified atom stereocenters. The van der Waals surface area contributed by atoms with Gasteiger partial charge in [0.1, 0.15) is 0 Å². The Hall–Kier alpha value is -0.610. The minimum Gasteiger partial charge on any atom is -0.480 e. The number of aliphatic carboxylic acids is 1. The van der Waals surface area contributed by atoms with E-state index in [1.54, 1.807) is 0 Å². The molecule has 1 heterocycles. The third-order valence-corrected chi connectivity index (χ3v) is 3.25. The summed E-state index contributed by atoms with van der Waals surface area (Å²) in [6.45, 7) is 5.91. The fourth-order valence-electron chi connectivity index (χ4n) is 2.24. The van der Waals surface area contributed by atoms with E-state index in [4.69, 9.17) is 10.8 Å². The van der Waals surface area contributed by atoms with Crippen molar-refractivity contribution in [3.05, 3.63) is 0 Å². The first-order valence-corrected chi connectivity index (χ1v) is 5.20. The lowest BCUT2D eigenvalue weighted by Gasteiger charge is -2.40. The zero-order chi connectivity index (χ0) is 10.7. The van der Waals surface area contributed by atoms with E-state index in [0.29, 0.717) is 24.4 Å². The maximum Gasteiger partial charge on any atom is 0.317 e. The summed E-state index contributed by atoms with van der Waals surface area (Å²) in [6.07, 6.45) is 1.05. The van der Waals surface area contributed by atoms with E-state index in [1.807, 2.05) is 4.90 Å². The molecule has 1 aliphatic heterocycles. The highest BCUT2D eigenvalue weighted by molar-refractivity contribution is 5.69. The van der Waals surface area contributed by atoms with Crippen molar-refractivity contribution in [1.82, 2.24) is 4.90 Å². The fourth-order valence-corrected chi connectivity index (χ4v) is 2.24. The van der Waals surface area contributed by atoms with Crippen molar-refractivity contribution in [3.8, 4) is 0 Å². The predicted octanol–water partition coefficient (Wildman–Crippen LogP) is 0.376.